The van der Waals surface area contributed by atoms with Crippen molar-refractivity contribution in [2.75, 3.05) is 13.1 Å². The van der Waals surface area contributed by atoms with E-state index in [2.05, 4.69) is 10.6 Å². The topological polar surface area (TPSA) is 108 Å². The number of amides is 3. The number of aliphatic hydroxyl groups is 1. The SMILES string of the molecule is C[C@@H](C[C@@]1(O)CCN(CCc2ccccc2)C1=O)NC(=O)[C@H](CC1CCCCC1)OC(=O)NCc1cccc(Cl)c1. The molecule has 0 bridgehead atoms. The largest absolute Gasteiger partial charge is 0.436 e. The van der Waals surface area contributed by atoms with Gasteiger partial charge in [0.1, 0.15) is 5.60 Å². The first kappa shape index (κ1) is 30.8. The number of hydrogen-bond acceptors (Lipinski definition) is 5. The fourth-order valence-electron chi connectivity index (χ4n) is 5.95. The lowest BCUT2D eigenvalue weighted by Gasteiger charge is -2.29. The Balaban J connectivity index is 1.31. The average Bonchev–Trinajstić information content (AvgIpc) is 3.24. The summed E-state index contributed by atoms with van der Waals surface area (Å²) in [6.45, 7) is 3.01. The normalized spacial score (nSPS) is 20.9. The second-order valence-electron chi connectivity index (χ2n) is 11.5. The van der Waals surface area contributed by atoms with E-state index in [1.165, 1.54) is 6.42 Å². The third kappa shape index (κ3) is 9.20. The third-order valence-electron chi connectivity index (χ3n) is 8.17. The number of likely N-dealkylation sites (tertiary alicyclic amines) is 1. The van der Waals surface area contributed by atoms with Gasteiger partial charge in [-0.2, -0.15) is 0 Å². The van der Waals surface area contributed by atoms with Crippen LogP contribution in [0.4, 0.5) is 4.79 Å². The zero-order valence-corrected chi connectivity index (χ0v) is 24.6. The average molecular weight is 584 g/mol. The van der Waals surface area contributed by atoms with Crippen LogP contribution >= 0.6 is 11.6 Å². The number of nitrogens with zero attached hydrogens (tertiary/aromatic N) is 1. The molecule has 0 unspecified atom stereocenters. The molecule has 0 radical (unpaired) electrons. The standard InChI is InChI=1S/C32H42ClN3O5/c1-23(21-32(40)16-18-36(30(32)38)17-15-24-9-4-2-5-10-24)35-29(37)28(20-25-11-6-3-7-12-25)41-31(39)34-22-26-13-8-14-27(33)19-26/h2,4-5,8-10,13-14,19,23,25,28,40H,3,6-7,11-12,15-18,20-22H2,1H3,(H,34,39)(H,35,37)/t23-,28-,32-/m0/s1. The summed E-state index contributed by atoms with van der Waals surface area (Å²) in [5.41, 5.74) is 0.429. The predicted octanol–water partition coefficient (Wildman–Crippen LogP) is 5.01. The van der Waals surface area contributed by atoms with Gasteiger partial charge in [-0.3, -0.25) is 9.59 Å². The first-order valence-corrected chi connectivity index (χ1v) is 15.1. The molecule has 2 aliphatic rings. The summed E-state index contributed by atoms with van der Waals surface area (Å²) in [4.78, 5) is 40.8. The summed E-state index contributed by atoms with van der Waals surface area (Å²) < 4.78 is 5.64. The van der Waals surface area contributed by atoms with E-state index in [0.717, 1.165) is 36.8 Å². The number of ether oxygens (including phenoxy) is 1. The minimum atomic E-state index is -1.53. The molecule has 2 aromatic carbocycles. The molecule has 1 saturated carbocycles. The minimum Gasteiger partial charge on any atom is -0.436 e. The monoisotopic (exact) mass is 583 g/mol. The molecule has 1 saturated heterocycles. The van der Waals surface area contributed by atoms with Gasteiger partial charge in [0.05, 0.1) is 0 Å². The second kappa shape index (κ2) is 14.7. The number of carbonyl (C=O) groups excluding carboxylic acids is 3. The second-order valence-corrected chi connectivity index (χ2v) is 12.0. The van der Waals surface area contributed by atoms with Crippen LogP contribution in [0.25, 0.3) is 0 Å². The van der Waals surface area contributed by atoms with Crippen molar-refractivity contribution in [3.8, 4) is 0 Å². The van der Waals surface area contributed by atoms with Crippen molar-refractivity contribution in [3.63, 3.8) is 0 Å². The van der Waals surface area contributed by atoms with Crippen molar-refractivity contribution < 1.29 is 24.2 Å². The third-order valence-corrected chi connectivity index (χ3v) is 8.40. The number of halogens is 1. The Morgan fingerprint density at radius 3 is 2.56 bits per heavy atom. The Morgan fingerprint density at radius 2 is 1.83 bits per heavy atom. The highest BCUT2D eigenvalue weighted by molar-refractivity contribution is 6.30. The molecule has 1 aliphatic carbocycles. The quantitative estimate of drug-likeness (QED) is 0.326. The van der Waals surface area contributed by atoms with Gasteiger partial charge in [-0.25, -0.2) is 4.79 Å². The number of rotatable bonds is 12. The molecule has 222 valence electrons. The molecule has 0 spiro atoms. The smallest absolute Gasteiger partial charge is 0.408 e. The van der Waals surface area contributed by atoms with Gasteiger partial charge in [-0.1, -0.05) is 86.2 Å². The molecule has 3 atom stereocenters. The molecule has 1 aliphatic heterocycles. The van der Waals surface area contributed by atoms with Gasteiger partial charge in [-0.05, 0) is 48.9 Å². The van der Waals surface area contributed by atoms with E-state index >= 15 is 0 Å². The molecular formula is C32H42ClN3O5. The predicted molar refractivity (Wildman–Crippen MR) is 158 cm³/mol. The maximum atomic E-state index is 13.4. The molecular weight excluding hydrogens is 542 g/mol. The lowest BCUT2D eigenvalue weighted by atomic mass is 9.85. The van der Waals surface area contributed by atoms with Crippen molar-refractivity contribution in [2.45, 2.75) is 89.0 Å². The fraction of sp³-hybridized carbons (Fsp3) is 0.531. The van der Waals surface area contributed by atoms with Crippen LogP contribution in [0.3, 0.4) is 0 Å². The highest BCUT2D eigenvalue weighted by Gasteiger charge is 2.46. The van der Waals surface area contributed by atoms with Crippen LogP contribution in [0.1, 0.15) is 69.4 Å². The van der Waals surface area contributed by atoms with Crippen molar-refractivity contribution >= 4 is 29.5 Å². The molecule has 3 N–H and O–H groups in total. The number of nitrogens with one attached hydrogen (secondary N) is 2. The summed E-state index contributed by atoms with van der Waals surface area (Å²) in [6.07, 6.45) is 5.32. The Bertz CT molecular complexity index is 1170. The first-order valence-electron chi connectivity index (χ1n) is 14.8. The van der Waals surface area contributed by atoms with Gasteiger partial charge < -0.3 is 25.4 Å². The lowest BCUT2D eigenvalue weighted by molar-refractivity contribution is -0.145. The Morgan fingerprint density at radius 1 is 1.10 bits per heavy atom. The van der Waals surface area contributed by atoms with Gasteiger partial charge in [0.25, 0.3) is 11.8 Å². The van der Waals surface area contributed by atoms with Gasteiger partial charge in [-0.15, -0.1) is 0 Å². The van der Waals surface area contributed by atoms with Crippen LogP contribution < -0.4 is 10.6 Å². The van der Waals surface area contributed by atoms with Crippen LogP contribution in [0.5, 0.6) is 0 Å². The number of hydrogen-bond donors (Lipinski definition) is 3. The van der Waals surface area contributed by atoms with E-state index in [4.69, 9.17) is 16.3 Å². The molecule has 9 heteroatoms. The highest BCUT2D eigenvalue weighted by atomic mass is 35.5. The van der Waals surface area contributed by atoms with E-state index in [1.807, 2.05) is 36.4 Å². The van der Waals surface area contributed by atoms with Crippen molar-refractivity contribution in [1.82, 2.24) is 15.5 Å². The van der Waals surface area contributed by atoms with Gasteiger partial charge in [0.15, 0.2) is 6.10 Å². The molecule has 4 rings (SSSR count). The summed E-state index contributed by atoms with van der Waals surface area (Å²) >= 11 is 6.03. The maximum Gasteiger partial charge on any atom is 0.408 e. The number of carbonyl (C=O) groups is 3. The summed E-state index contributed by atoms with van der Waals surface area (Å²) in [5, 5.41) is 17.4. The molecule has 8 nitrogen and oxygen atoms in total. The van der Waals surface area contributed by atoms with E-state index in [9.17, 15) is 19.5 Å². The minimum absolute atomic E-state index is 0.0938. The highest BCUT2D eigenvalue weighted by Crippen LogP contribution is 2.30. The molecule has 2 aromatic rings. The van der Waals surface area contributed by atoms with Crippen molar-refractivity contribution in [1.29, 1.82) is 0 Å². The van der Waals surface area contributed by atoms with E-state index < -0.39 is 29.7 Å². The zero-order chi connectivity index (χ0) is 29.2. The molecule has 3 amide bonds. The van der Waals surface area contributed by atoms with Crippen LogP contribution in [0.15, 0.2) is 54.6 Å². The molecule has 41 heavy (non-hydrogen) atoms. The summed E-state index contributed by atoms with van der Waals surface area (Å²) in [7, 11) is 0. The number of benzene rings is 2. The molecule has 0 aromatic heterocycles. The van der Waals surface area contributed by atoms with E-state index in [-0.39, 0.29) is 18.9 Å². The lowest BCUT2D eigenvalue weighted by Crippen LogP contribution is -2.49. The Hall–Kier alpha value is -3.10. The summed E-state index contributed by atoms with van der Waals surface area (Å²) in [6, 6.07) is 16.6. The molecule has 1 heterocycles. The number of alkyl carbamates (subject to hydrolysis) is 1. The van der Waals surface area contributed by atoms with E-state index in [0.29, 0.717) is 43.3 Å². The fourth-order valence-corrected chi connectivity index (χ4v) is 6.17. The van der Waals surface area contributed by atoms with E-state index in [1.54, 1.807) is 30.0 Å². The van der Waals surface area contributed by atoms with Gasteiger partial charge >= 0.3 is 6.09 Å². The van der Waals surface area contributed by atoms with Crippen LogP contribution in [0, 0.1) is 5.92 Å². The van der Waals surface area contributed by atoms with Gasteiger partial charge in [0, 0.05) is 43.5 Å². The van der Waals surface area contributed by atoms with Crippen LogP contribution in [-0.4, -0.2) is 58.8 Å². The van der Waals surface area contributed by atoms with Crippen molar-refractivity contribution in [3.05, 3.63) is 70.7 Å². The van der Waals surface area contributed by atoms with Gasteiger partial charge in [0.2, 0.25) is 0 Å². The first-order chi connectivity index (χ1) is 19.7. The Labute approximate surface area is 247 Å². The maximum absolute atomic E-state index is 13.4. The molecule has 2 fully saturated rings. The summed E-state index contributed by atoms with van der Waals surface area (Å²) in [5.74, 6) is -0.407. The van der Waals surface area contributed by atoms with Crippen molar-refractivity contribution in [2.24, 2.45) is 5.92 Å². The van der Waals surface area contributed by atoms with Crippen LogP contribution in [0.2, 0.25) is 5.02 Å². The van der Waals surface area contributed by atoms with Crippen LogP contribution in [-0.2, 0) is 27.3 Å². The zero-order valence-electron chi connectivity index (χ0n) is 23.8. The Kier molecular flexibility index (Phi) is 11.1.